The van der Waals surface area contributed by atoms with Crippen molar-refractivity contribution in [2.75, 3.05) is 23.4 Å². The number of ether oxygens (including phenoxy) is 1. The lowest BCUT2D eigenvalue weighted by Gasteiger charge is -2.28. The molecule has 8 heteroatoms. The first-order chi connectivity index (χ1) is 14.6. The number of amides is 2. The van der Waals surface area contributed by atoms with Gasteiger partial charge in [0.05, 0.1) is 16.0 Å². The van der Waals surface area contributed by atoms with Crippen LogP contribution in [0, 0.1) is 21.4 Å². The van der Waals surface area contributed by atoms with E-state index in [0.29, 0.717) is 29.6 Å². The molecule has 31 heavy (non-hydrogen) atoms. The van der Waals surface area contributed by atoms with E-state index in [1.54, 1.807) is 29.2 Å². The highest BCUT2D eigenvalue weighted by Gasteiger charge is 2.37. The molecule has 0 fully saturated rings. The van der Waals surface area contributed by atoms with E-state index in [2.05, 4.69) is 19.2 Å². The zero-order valence-electron chi connectivity index (χ0n) is 18.2. The van der Waals surface area contributed by atoms with Gasteiger partial charge in [-0.25, -0.2) is 0 Å². The van der Waals surface area contributed by atoms with Crippen molar-refractivity contribution in [3.8, 4) is 5.75 Å². The minimum atomic E-state index is -0.690. The number of nitrogens with one attached hydrogen (secondary N) is 1. The van der Waals surface area contributed by atoms with Crippen molar-refractivity contribution in [3.05, 3.63) is 58.1 Å². The van der Waals surface area contributed by atoms with E-state index in [1.807, 2.05) is 13.8 Å². The van der Waals surface area contributed by atoms with Gasteiger partial charge < -0.3 is 15.0 Å². The molecule has 0 saturated heterocycles. The van der Waals surface area contributed by atoms with Crippen molar-refractivity contribution in [2.45, 2.75) is 34.1 Å². The summed E-state index contributed by atoms with van der Waals surface area (Å²) in [5, 5.41) is 13.9. The fourth-order valence-electron chi connectivity index (χ4n) is 3.36. The number of rotatable bonds is 6. The minimum absolute atomic E-state index is 0.0347. The molecule has 1 aliphatic heterocycles. The molecular weight excluding hydrogens is 398 g/mol. The Kier molecular flexibility index (Phi) is 6.29. The van der Waals surface area contributed by atoms with Crippen LogP contribution in [-0.2, 0) is 4.79 Å². The van der Waals surface area contributed by atoms with Crippen LogP contribution >= 0.6 is 0 Å². The number of nitrogens with zero attached hydrogens (tertiary/aromatic N) is 2. The molecule has 1 heterocycles. The van der Waals surface area contributed by atoms with Gasteiger partial charge in [0, 0.05) is 18.3 Å². The summed E-state index contributed by atoms with van der Waals surface area (Å²) in [4.78, 5) is 38.3. The number of carbonyl (C=O) groups is 2. The molecule has 3 rings (SSSR count). The second-order valence-corrected chi connectivity index (χ2v) is 8.72. The normalized spacial score (nSPS) is 15.1. The van der Waals surface area contributed by atoms with Crippen molar-refractivity contribution < 1.29 is 19.2 Å². The highest BCUT2D eigenvalue weighted by Crippen LogP contribution is 2.38. The number of benzene rings is 2. The Balaban J connectivity index is 1.94. The van der Waals surface area contributed by atoms with Crippen LogP contribution in [0.25, 0.3) is 0 Å². The Morgan fingerprint density at radius 2 is 1.97 bits per heavy atom. The maximum atomic E-state index is 13.2. The first kappa shape index (κ1) is 22.3. The van der Waals surface area contributed by atoms with Crippen LogP contribution in [0.4, 0.5) is 17.1 Å². The van der Waals surface area contributed by atoms with E-state index in [1.165, 1.54) is 18.2 Å². The van der Waals surface area contributed by atoms with E-state index >= 15 is 0 Å². The molecule has 0 unspecified atom stereocenters. The molecule has 0 spiro atoms. The van der Waals surface area contributed by atoms with Gasteiger partial charge in [0.15, 0.2) is 0 Å². The summed E-state index contributed by atoms with van der Waals surface area (Å²) in [5.74, 6) is 0.327. The molecule has 164 valence electrons. The van der Waals surface area contributed by atoms with Crippen LogP contribution in [0.1, 0.15) is 44.5 Å². The summed E-state index contributed by atoms with van der Waals surface area (Å²) in [6.45, 7) is 8.65. The number of carbonyl (C=O) groups excluding carboxylic acids is 2. The number of hydrogen-bond donors (Lipinski definition) is 1. The summed E-state index contributed by atoms with van der Waals surface area (Å²) in [6.07, 6.45) is 0.814. The summed E-state index contributed by atoms with van der Waals surface area (Å²) in [5.41, 5.74) is 0.00893. The molecule has 0 saturated carbocycles. The quantitative estimate of drug-likeness (QED) is 0.536. The highest BCUT2D eigenvalue weighted by molar-refractivity contribution is 6.07. The SMILES string of the molecule is CC(C)CCN1C(=O)C(C)(C)COc2ccc(NC(=O)c3ccccc3[N+](=O)[O-])cc21. The number of fused-ring (bicyclic) bond motifs is 1. The number of nitro groups is 1. The fraction of sp³-hybridized carbons (Fsp3) is 0.391. The lowest BCUT2D eigenvalue weighted by Crippen LogP contribution is -2.42. The summed E-state index contributed by atoms with van der Waals surface area (Å²) >= 11 is 0. The van der Waals surface area contributed by atoms with Crippen LogP contribution in [0.5, 0.6) is 5.75 Å². The van der Waals surface area contributed by atoms with Crippen LogP contribution in [0.3, 0.4) is 0 Å². The first-order valence-corrected chi connectivity index (χ1v) is 10.2. The topological polar surface area (TPSA) is 102 Å². The third kappa shape index (κ3) is 4.84. The maximum Gasteiger partial charge on any atom is 0.282 e. The smallest absolute Gasteiger partial charge is 0.282 e. The summed E-state index contributed by atoms with van der Waals surface area (Å²) in [6, 6.07) is 10.8. The Hall–Kier alpha value is -3.42. The molecule has 8 nitrogen and oxygen atoms in total. The Morgan fingerprint density at radius 3 is 2.65 bits per heavy atom. The zero-order valence-corrected chi connectivity index (χ0v) is 18.2. The van der Waals surface area contributed by atoms with Crippen molar-refractivity contribution in [3.63, 3.8) is 0 Å². The minimum Gasteiger partial charge on any atom is -0.490 e. The van der Waals surface area contributed by atoms with Gasteiger partial charge in [-0.2, -0.15) is 0 Å². The van der Waals surface area contributed by atoms with E-state index in [-0.39, 0.29) is 23.8 Å². The second kappa shape index (κ2) is 8.75. The predicted octanol–water partition coefficient (Wildman–Crippen LogP) is 4.64. The lowest BCUT2D eigenvalue weighted by atomic mass is 9.92. The van der Waals surface area contributed by atoms with Crippen molar-refractivity contribution in [1.82, 2.24) is 0 Å². The number of nitro benzene ring substituents is 1. The van der Waals surface area contributed by atoms with E-state index in [9.17, 15) is 19.7 Å². The molecule has 0 radical (unpaired) electrons. The average Bonchev–Trinajstić information content (AvgIpc) is 2.81. The standard InChI is InChI=1S/C23H27N3O5/c1-15(2)11-12-25-19-13-16(9-10-20(19)31-14-23(3,4)22(25)28)24-21(27)17-7-5-6-8-18(17)26(29)30/h5-10,13,15H,11-12,14H2,1-4H3,(H,24,27). The predicted molar refractivity (Wildman–Crippen MR) is 119 cm³/mol. The number of hydrogen-bond acceptors (Lipinski definition) is 5. The third-order valence-electron chi connectivity index (χ3n) is 5.20. The Morgan fingerprint density at radius 1 is 1.26 bits per heavy atom. The Bertz CT molecular complexity index is 1020. The number of para-hydroxylation sites is 1. The summed E-state index contributed by atoms with van der Waals surface area (Å²) in [7, 11) is 0. The van der Waals surface area contributed by atoms with Crippen LogP contribution < -0.4 is 15.0 Å². The molecule has 0 aliphatic carbocycles. The first-order valence-electron chi connectivity index (χ1n) is 10.2. The van der Waals surface area contributed by atoms with Crippen LogP contribution in [-0.4, -0.2) is 29.9 Å². The van der Waals surface area contributed by atoms with Crippen molar-refractivity contribution in [2.24, 2.45) is 11.3 Å². The van der Waals surface area contributed by atoms with Gasteiger partial charge in [-0.05, 0) is 50.5 Å². The van der Waals surface area contributed by atoms with E-state index in [4.69, 9.17) is 4.74 Å². The van der Waals surface area contributed by atoms with Gasteiger partial charge in [0.2, 0.25) is 5.91 Å². The second-order valence-electron chi connectivity index (χ2n) is 8.72. The molecule has 1 aliphatic rings. The molecule has 2 amide bonds. The molecular formula is C23H27N3O5. The van der Waals surface area contributed by atoms with Gasteiger partial charge in [-0.3, -0.25) is 19.7 Å². The third-order valence-corrected chi connectivity index (χ3v) is 5.20. The van der Waals surface area contributed by atoms with Gasteiger partial charge in [-0.1, -0.05) is 26.0 Å². The van der Waals surface area contributed by atoms with Gasteiger partial charge in [0.1, 0.15) is 17.9 Å². The average molecular weight is 425 g/mol. The van der Waals surface area contributed by atoms with Crippen molar-refractivity contribution in [1.29, 1.82) is 0 Å². The van der Waals surface area contributed by atoms with Crippen LogP contribution in [0.15, 0.2) is 42.5 Å². The lowest BCUT2D eigenvalue weighted by molar-refractivity contribution is -0.385. The molecule has 2 aromatic rings. The summed E-state index contributed by atoms with van der Waals surface area (Å²) < 4.78 is 5.90. The number of anilines is 2. The maximum absolute atomic E-state index is 13.2. The zero-order chi connectivity index (χ0) is 22.8. The largest absolute Gasteiger partial charge is 0.490 e. The van der Waals surface area contributed by atoms with Gasteiger partial charge in [-0.15, -0.1) is 0 Å². The molecule has 1 N–H and O–H groups in total. The van der Waals surface area contributed by atoms with Crippen LogP contribution in [0.2, 0.25) is 0 Å². The molecule has 0 aromatic heterocycles. The Labute approximate surface area is 181 Å². The van der Waals surface area contributed by atoms with E-state index < -0.39 is 16.2 Å². The molecule has 0 bridgehead atoms. The highest BCUT2D eigenvalue weighted by atomic mass is 16.6. The van der Waals surface area contributed by atoms with Gasteiger partial charge in [0.25, 0.3) is 11.6 Å². The van der Waals surface area contributed by atoms with Crippen molar-refractivity contribution >= 4 is 28.9 Å². The fourth-order valence-corrected chi connectivity index (χ4v) is 3.36. The molecule has 2 aromatic carbocycles. The monoisotopic (exact) mass is 425 g/mol. The van der Waals surface area contributed by atoms with E-state index in [0.717, 1.165) is 6.42 Å². The van der Waals surface area contributed by atoms with Gasteiger partial charge >= 0.3 is 0 Å². The molecule has 0 atom stereocenters.